The van der Waals surface area contributed by atoms with Gasteiger partial charge in [0, 0.05) is 19.1 Å². The average Bonchev–Trinajstić information content (AvgIpc) is 2.51. The lowest BCUT2D eigenvalue weighted by molar-refractivity contribution is -0.123. The Bertz CT molecular complexity index is 356. The maximum absolute atomic E-state index is 12.3. The summed E-state index contributed by atoms with van der Waals surface area (Å²) < 4.78 is 0. The molecule has 1 amide bonds. The zero-order chi connectivity index (χ0) is 16.7. The molecule has 2 fully saturated rings. The monoisotopic (exact) mass is 325 g/mol. The highest BCUT2D eigenvalue weighted by molar-refractivity contribution is 5.78. The predicted molar refractivity (Wildman–Crippen MR) is 93.3 cm³/mol. The van der Waals surface area contributed by atoms with Gasteiger partial charge in [0.2, 0.25) is 5.91 Å². The van der Waals surface area contributed by atoms with Gasteiger partial charge in [0.15, 0.2) is 0 Å². The van der Waals surface area contributed by atoms with Crippen molar-refractivity contribution in [2.75, 3.05) is 46.4 Å². The van der Waals surface area contributed by atoms with Crippen LogP contribution in [-0.2, 0) is 4.79 Å². The van der Waals surface area contributed by atoms with Crippen LogP contribution in [0.1, 0.15) is 45.4 Å². The number of hydrogen-bond acceptors (Lipinski definition) is 4. The van der Waals surface area contributed by atoms with Crippen LogP contribution >= 0.6 is 0 Å². The van der Waals surface area contributed by atoms with Gasteiger partial charge in [0.1, 0.15) is 0 Å². The minimum atomic E-state index is 0.184. The lowest BCUT2D eigenvalue weighted by Crippen LogP contribution is -2.46. The second-order valence-electron chi connectivity index (χ2n) is 7.64. The summed E-state index contributed by atoms with van der Waals surface area (Å²) in [4.78, 5) is 16.8. The molecule has 0 spiro atoms. The summed E-state index contributed by atoms with van der Waals surface area (Å²) in [6.45, 7) is 6.97. The van der Waals surface area contributed by atoms with E-state index in [0.29, 0.717) is 24.4 Å². The minimum absolute atomic E-state index is 0.184. The molecule has 2 atom stereocenters. The Labute approximate surface area is 141 Å². The third-order valence-corrected chi connectivity index (χ3v) is 5.56. The molecule has 2 rings (SSSR count). The molecular weight excluding hydrogens is 290 g/mol. The summed E-state index contributed by atoms with van der Waals surface area (Å²) in [5.74, 6) is 1.48. The van der Waals surface area contributed by atoms with E-state index in [-0.39, 0.29) is 12.5 Å². The van der Waals surface area contributed by atoms with Crippen LogP contribution in [0.4, 0.5) is 0 Å². The highest BCUT2D eigenvalue weighted by Gasteiger charge is 2.24. The van der Waals surface area contributed by atoms with Gasteiger partial charge in [-0.15, -0.1) is 0 Å². The topological polar surface area (TPSA) is 55.8 Å². The number of β-amino-alcohol motifs (C(OH)–C–C–N with tert-alkyl or cyclic N) is 1. The van der Waals surface area contributed by atoms with Gasteiger partial charge in [-0.05, 0) is 57.7 Å². The lowest BCUT2D eigenvalue weighted by atomic mass is 9.86. The summed E-state index contributed by atoms with van der Waals surface area (Å²) in [7, 11) is 2.06. The summed E-state index contributed by atoms with van der Waals surface area (Å²) in [5.41, 5.74) is 0. The van der Waals surface area contributed by atoms with Crippen molar-refractivity contribution in [1.82, 2.24) is 15.1 Å². The molecule has 0 aromatic rings. The Hall–Kier alpha value is -0.650. The highest BCUT2D eigenvalue weighted by Crippen LogP contribution is 2.23. The predicted octanol–water partition coefficient (Wildman–Crippen LogP) is 1.32. The maximum atomic E-state index is 12.3. The Morgan fingerprint density at radius 2 is 1.91 bits per heavy atom. The van der Waals surface area contributed by atoms with Crippen molar-refractivity contribution in [3.05, 3.63) is 0 Å². The zero-order valence-electron chi connectivity index (χ0n) is 15.0. The molecule has 1 saturated heterocycles. The van der Waals surface area contributed by atoms with E-state index in [4.69, 9.17) is 5.11 Å². The van der Waals surface area contributed by atoms with Crippen LogP contribution in [0.15, 0.2) is 0 Å². The van der Waals surface area contributed by atoms with E-state index in [9.17, 15) is 4.79 Å². The van der Waals surface area contributed by atoms with E-state index in [1.165, 1.54) is 32.1 Å². The molecule has 5 heteroatoms. The van der Waals surface area contributed by atoms with Crippen LogP contribution in [0, 0.1) is 11.8 Å². The number of piperidine rings is 1. The van der Waals surface area contributed by atoms with Crippen molar-refractivity contribution in [2.45, 2.75) is 51.5 Å². The first-order valence-electron chi connectivity index (χ1n) is 9.39. The van der Waals surface area contributed by atoms with E-state index in [1.807, 2.05) is 0 Å². The van der Waals surface area contributed by atoms with E-state index >= 15 is 0 Å². The molecule has 2 aliphatic rings. The van der Waals surface area contributed by atoms with Crippen LogP contribution in [0.3, 0.4) is 0 Å². The number of likely N-dealkylation sites (tertiary alicyclic amines) is 1. The van der Waals surface area contributed by atoms with Crippen LogP contribution in [0.2, 0.25) is 0 Å². The van der Waals surface area contributed by atoms with Gasteiger partial charge < -0.3 is 15.3 Å². The number of aliphatic hydroxyl groups is 1. The number of carbonyl (C=O) groups is 1. The fourth-order valence-corrected chi connectivity index (χ4v) is 4.07. The molecule has 0 unspecified atom stereocenters. The second kappa shape index (κ2) is 9.60. The largest absolute Gasteiger partial charge is 0.395 e. The number of aliphatic hydroxyl groups excluding tert-OH is 1. The first-order chi connectivity index (χ1) is 11.1. The number of nitrogens with zero attached hydrogens (tertiary/aromatic N) is 2. The van der Waals surface area contributed by atoms with Crippen LogP contribution in [0.25, 0.3) is 0 Å². The Kier molecular flexibility index (Phi) is 7.80. The third-order valence-electron chi connectivity index (χ3n) is 5.56. The van der Waals surface area contributed by atoms with Crippen molar-refractivity contribution in [2.24, 2.45) is 11.8 Å². The number of rotatable bonds is 7. The summed E-state index contributed by atoms with van der Waals surface area (Å²) in [6.07, 6.45) is 7.28. The molecule has 0 aromatic carbocycles. The normalized spacial score (nSPS) is 27.3. The SMILES string of the molecule is C[C@@H]1CCCC[C@@H]1NC(=O)CN(C)CC1CCN(CCO)CC1. The van der Waals surface area contributed by atoms with E-state index < -0.39 is 0 Å². The van der Waals surface area contributed by atoms with Gasteiger partial charge in [-0.25, -0.2) is 0 Å². The summed E-state index contributed by atoms with van der Waals surface area (Å²) >= 11 is 0. The fourth-order valence-electron chi connectivity index (χ4n) is 4.07. The zero-order valence-corrected chi connectivity index (χ0v) is 15.0. The molecule has 0 aromatic heterocycles. The Morgan fingerprint density at radius 3 is 2.57 bits per heavy atom. The molecule has 0 radical (unpaired) electrons. The molecule has 1 saturated carbocycles. The molecule has 1 aliphatic heterocycles. The number of nitrogens with one attached hydrogen (secondary N) is 1. The van der Waals surface area contributed by atoms with Crippen molar-refractivity contribution in [1.29, 1.82) is 0 Å². The molecule has 5 nitrogen and oxygen atoms in total. The number of hydrogen-bond donors (Lipinski definition) is 2. The molecular formula is C18H35N3O2. The number of amides is 1. The first-order valence-corrected chi connectivity index (χ1v) is 9.39. The first kappa shape index (κ1) is 18.7. The molecule has 2 N–H and O–H groups in total. The van der Waals surface area contributed by atoms with Gasteiger partial charge in [-0.3, -0.25) is 9.69 Å². The minimum Gasteiger partial charge on any atom is -0.395 e. The van der Waals surface area contributed by atoms with Gasteiger partial charge in [-0.2, -0.15) is 0 Å². The van der Waals surface area contributed by atoms with Crippen LogP contribution in [-0.4, -0.2) is 73.2 Å². The number of carbonyl (C=O) groups excluding carboxylic acids is 1. The van der Waals surface area contributed by atoms with Crippen molar-refractivity contribution in [3.63, 3.8) is 0 Å². The fraction of sp³-hybridized carbons (Fsp3) is 0.944. The standard InChI is InChI=1S/C18H35N3O2/c1-15-5-3-4-6-17(15)19-18(23)14-20(2)13-16-7-9-21(10-8-16)11-12-22/h15-17,22H,3-14H2,1-2H3,(H,19,23)/t15-,17+/m1/s1. The second-order valence-corrected chi connectivity index (χ2v) is 7.64. The summed E-state index contributed by atoms with van der Waals surface area (Å²) in [5, 5.41) is 12.2. The van der Waals surface area contributed by atoms with Crippen LogP contribution < -0.4 is 5.32 Å². The Balaban J connectivity index is 1.64. The van der Waals surface area contributed by atoms with E-state index in [1.54, 1.807) is 0 Å². The molecule has 134 valence electrons. The molecule has 1 heterocycles. The average molecular weight is 325 g/mol. The number of likely N-dealkylation sites (N-methyl/N-ethyl adjacent to an activating group) is 1. The van der Waals surface area contributed by atoms with Crippen molar-refractivity contribution < 1.29 is 9.90 Å². The summed E-state index contributed by atoms with van der Waals surface area (Å²) in [6, 6.07) is 0.381. The Morgan fingerprint density at radius 1 is 1.22 bits per heavy atom. The van der Waals surface area contributed by atoms with E-state index in [2.05, 4.69) is 29.1 Å². The van der Waals surface area contributed by atoms with Gasteiger partial charge in [0.25, 0.3) is 0 Å². The molecule has 0 bridgehead atoms. The molecule has 1 aliphatic carbocycles. The van der Waals surface area contributed by atoms with Gasteiger partial charge in [-0.1, -0.05) is 19.8 Å². The van der Waals surface area contributed by atoms with Crippen molar-refractivity contribution in [3.8, 4) is 0 Å². The van der Waals surface area contributed by atoms with Crippen molar-refractivity contribution >= 4 is 5.91 Å². The molecule has 23 heavy (non-hydrogen) atoms. The smallest absolute Gasteiger partial charge is 0.234 e. The van der Waals surface area contributed by atoms with Crippen LogP contribution in [0.5, 0.6) is 0 Å². The van der Waals surface area contributed by atoms with Gasteiger partial charge in [0.05, 0.1) is 13.2 Å². The van der Waals surface area contributed by atoms with E-state index in [0.717, 1.165) is 32.6 Å². The lowest BCUT2D eigenvalue weighted by Gasteiger charge is -2.34. The third kappa shape index (κ3) is 6.40. The maximum Gasteiger partial charge on any atom is 0.234 e. The highest BCUT2D eigenvalue weighted by atomic mass is 16.3. The quantitative estimate of drug-likeness (QED) is 0.741. The van der Waals surface area contributed by atoms with Gasteiger partial charge >= 0.3 is 0 Å².